The fourth-order valence-corrected chi connectivity index (χ4v) is 2.09. The third-order valence-corrected chi connectivity index (χ3v) is 3.34. The normalized spacial score (nSPS) is 11.0. The van der Waals surface area contributed by atoms with E-state index in [1.54, 1.807) is 6.21 Å². The second kappa shape index (κ2) is 7.29. The Morgan fingerprint density at radius 3 is 3.00 bits per heavy atom. The summed E-state index contributed by atoms with van der Waals surface area (Å²) in [6.45, 7) is 4.43. The van der Waals surface area contributed by atoms with Gasteiger partial charge in [0, 0.05) is 10.6 Å². The first kappa shape index (κ1) is 14.0. The van der Waals surface area contributed by atoms with E-state index < -0.39 is 0 Å². The van der Waals surface area contributed by atoms with E-state index in [1.165, 1.54) is 4.90 Å². The SMILES string of the molecule is CC(C)CSc1cccc(C=NNC(N)=S)c1. The first-order valence-corrected chi connectivity index (χ1v) is 6.78. The van der Waals surface area contributed by atoms with Crippen LogP contribution in [-0.4, -0.2) is 17.1 Å². The van der Waals surface area contributed by atoms with Gasteiger partial charge < -0.3 is 5.73 Å². The molecule has 3 N–H and O–H groups in total. The van der Waals surface area contributed by atoms with Crippen LogP contribution in [0.3, 0.4) is 0 Å². The van der Waals surface area contributed by atoms with E-state index in [-0.39, 0.29) is 5.11 Å². The molecule has 3 nitrogen and oxygen atoms in total. The lowest BCUT2D eigenvalue weighted by atomic mass is 10.2. The molecule has 0 aliphatic heterocycles. The maximum atomic E-state index is 5.27. The molecule has 17 heavy (non-hydrogen) atoms. The average molecular weight is 267 g/mol. The number of nitrogens with two attached hydrogens (primary N) is 1. The Labute approximate surface area is 112 Å². The molecule has 0 fully saturated rings. The Bertz CT molecular complexity index is 402. The second-order valence-corrected chi connectivity index (χ2v) is 5.54. The smallest absolute Gasteiger partial charge is 0.184 e. The van der Waals surface area contributed by atoms with Crippen LogP contribution >= 0.6 is 24.0 Å². The number of hydrogen-bond donors (Lipinski definition) is 2. The predicted molar refractivity (Wildman–Crippen MR) is 79.5 cm³/mol. The quantitative estimate of drug-likeness (QED) is 0.373. The molecular formula is C12H17N3S2. The van der Waals surface area contributed by atoms with E-state index in [2.05, 4.69) is 48.7 Å². The molecule has 0 unspecified atom stereocenters. The van der Waals surface area contributed by atoms with Crippen molar-refractivity contribution in [3.05, 3.63) is 29.8 Å². The molecule has 1 aromatic rings. The van der Waals surface area contributed by atoms with Crippen molar-refractivity contribution in [1.82, 2.24) is 5.43 Å². The zero-order chi connectivity index (χ0) is 12.7. The van der Waals surface area contributed by atoms with Crippen LogP contribution < -0.4 is 11.2 Å². The molecule has 0 aliphatic carbocycles. The average Bonchev–Trinajstić information content (AvgIpc) is 2.26. The van der Waals surface area contributed by atoms with Crippen LogP contribution in [0.1, 0.15) is 19.4 Å². The molecule has 0 saturated heterocycles. The van der Waals surface area contributed by atoms with Crippen molar-refractivity contribution in [2.45, 2.75) is 18.7 Å². The van der Waals surface area contributed by atoms with E-state index >= 15 is 0 Å². The highest BCUT2D eigenvalue weighted by atomic mass is 32.2. The predicted octanol–water partition coefficient (Wildman–Crippen LogP) is 2.60. The number of thiocarbonyl (C=S) groups is 1. The monoisotopic (exact) mass is 267 g/mol. The van der Waals surface area contributed by atoms with E-state index in [9.17, 15) is 0 Å². The van der Waals surface area contributed by atoms with Gasteiger partial charge in [0.05, 0.1) is 6.21 Å². The molecule has 5 heteroatoms. The lowest BCUT2D eigenvalue weighted by Crippen LogP contribution is -2.23. The van der Waals surface area contributed by atoms with Crippen LogP contribution in [-0.2, 0) is 0 Å². The van der Waals surface area contributed by atoms with Gasteiger partial charge in [-0.05, 0) is 35.8 Å². The van der Waals surface area contributed by atoms with E-state index in [0.29, 0.717) is 5.92 Å². The molecule has 0 heterocycles. The molecule has 0 saturated carbocycles. The van der Waals surface area contributed by atoms with Gasteiger partial charge in [0.1, 0.15) is 0 Å². The van der Waals surface area contributed by atoms with Gasteiger partial charge in [-0.1, -0.05) is 26.0 Å². The van der Waals surface area contributed by atoms with E-state index in [0.717, 1.165) is 11.3 Å². The van der Waals surface area contributed by atoms with Crippen molar-refractivity contribution in [2.24, 2.45) is 16.8 Å². The Morgan fingerprint density at radius 1 is 1.59 bits per heavy atom. The Kier molecular flexibility index (Phi) is 6.00. The highest BCUT2D eigenvalue weighted by Crippen LogP contribution is 2.20. The Balaban J connectivity index is 2.59. The van der Waals surface area contributed by atoms with E-state index in [4.69, 9.17) is 5.73 Å². The van der Waals surface area contributed by atoms with Gasteiger partial charge in [-0.15, -0.1) is 11.8 Å². The summed E-state index contributed by atoms with van der Waals surface area (Å²) in [5, 5.41) is 4.10. The van der Waals surface area contributed by atoms with Crippen molar-refractivity contribution in [2.75, 3.05) is 5.75 Å². The van der Waals surface area contributed by atoms with Crippen LogP contribution in [0.5, 0.6) is 0 Å². The molecule has 1 aromatic carbocycles. The van der Waals surface area contributed by atoms with Crippen molar-refractivity contribution in [3.8, 4) is 0 Å². The number of hydrogen-bond acceptors (Lipinski definition) is 3. The number of hydrazone groups is 1. The molecule has 0 radical (unpaired) electrons. The summed E-state index contributed by atoms with van der Waals surface area (Å²) in [4.78, 5) is 1.25. The molecule has 0 bridgehead atoms. The van der Waals surface area contributed by atoms with Crippen LogP contribution in [0.25, 0.3) is 0 Å². The van der Waals surface area contributed by atoms with Crippen molar-refractivity contribution >= 4 is 35.3 Å². The minimum atomic E-state index is 0.173. The number of benzene rings is 1. The van der Waals surface area contributed by atoms with Gasteiger partial charge >= 0.3 is 0 Å². The lowest BCUT2D eigenvalue weighted by molar-refractivity contribution is 0.750. The van der Waals surface area contributed by atoms with E-state index in [1.807, 2.05) is 23.9 Å². The molecule has 0 spiro atoms. The minimum Gasteiger partial charge on any atom is -0.375 e. The Morgan fingerprint density at radius 2 is 2.35 bits per heavy atom. The first-order valence-electron chi connectivity index (χ1n) is 5.39. The highest BCUT2D eigenvalue weighted by Gasteiger charge is 1.98. The fourth-order valence-electron chi connectivity index (χ4n) is 1.12. The van der Waals surface area contributed by atoms with Gasteiger partial charge in [-0.2, -0.15) is 5.10 Å². The maximum Gasteiger partial charge on any atom is 0.184 e. The van der Waals surface area contributed by atoms with Gasteiger partial charge in [0.25, 0.3) is 0 Å². The summed E-state index contributed by atoms with van der Waals surface area (Å²) in [5.41, 5.74) is 8.84. The summed E-state index contributed by atoms with van der Waals surface area (Å²) < 4.78 is 0. The molecule has 0 amide bonds. The molecule has 92 valence electrons. The molecule has 0 aromatic heterocycles. The first-order chi connectivity index (χ1) is 8.08. The van der Waals surface area contributed by atoms with Crippen LogP contribution in [0.2, 0.25) is 0 Å². The van der Waals surface area contributed by atoms with Crippen molar-refractivity contribution in [1.29, 1.82) is 0 Å². The standard InChI is InChI=1S/C12H17N3S2/c1-9(2)8-17-11-5-3-4-10(6-11)7-14-15-12(13)16/h3-7,9H,8H2,1-2H3,(H3,13,15,16). The van der Waals surface area contributed by atoms with Gasteiger partial charge in [0.15, 0.2) is 5.11 Å². The fraction of sp³-hybridized carbons (Fsp3) is 0.333. The van der Waals surface area contributed by atoms with Crippen molar-refractivity contribution in [3.63, 3.8) is 0 Å². The number of rotatable bonds is 5. The van der Waals surface area contributed by atoms with Gasteiger partial charge in [-0.3, -0.25) is 5.43 Å². The maximum absolute atomic E-state index is 5.27. The number of nitrogens with zero attached hydrogens (tertiary/aromatic N) is 1. The molecule has 0 aliphatic rings. The zero-order valence-electron chi connectivity index (χ0n) is 10.0. The van der Waals surface area contributed by atoms with Gasteiger partial charge in [-0.25, -0.2) is 0 Å². The van der Waals surface area contributed by atoms with Crippen LogP contribution in [0, 0.1) is 5.92 Å². The molecule has 0 atom stereocenters. The summed E-state index contributed by atoms with van der Waals surface area (Å²) in [7, 11) is 0. The van der Waals surface area contributed by atoms with Gasteiger partial charge in [0.2, 0.25) is 0 Å². The summed E-state index contributed by atoms with van der Waals surface area (Å²) in [5.74, 6) is 1.81. The molecular weight excluding hydrogens is 250 g/mol. The topological polar surface area (TPSA) is 50.4 Å². The second-order valence-electron chi connectivity index (χ2n) is 4.01. The lowest BCUT2D eigenvalue weighted by Gasteiger charge is -2.05. The number of thioether (sulfide) groups is 1. The van der Waals surface area contributed by atoms with Crippen LogP contribution in [0.4, 0.5) is 0 Å². The third-order valence-electron chi connectivity index (χ3n) is 1.83. The van der Waals surface area contributed by atoms with Crippen molar-refractivity contribution < 1.29 is 0 Å². The largest absolute Gasteiger partial charge is 0.375 e. The molecule has 1 rings (SSSR count). The Hall–Kier alpha value is -1.07. The summed E-state index contributed by atoms with van der Waals surface area (Å²) >= 11 is 6.51. The summed E-state index contributed by atoms with van der Waals surface area (Å²) in [6.07, 6.45) is 1.71. The minimum absolute atomic E-state index is 0.173. The third kappa shape index (κ3) is 6.28. The zero-order valence-corrected chi connectivity index (χ0v) is 11.6. The highest BCUT2D eigenvalue weighted by molar-refractivity contribution is 7.99. The van der Waals surface area contributed by atoms with Crippen LogP contribution in [0.15, 0.2) is 34.3 Å². The number of nitrogens with one attached hydrogen (secondary N) is 1. The summed E-state index contributed by atoms with van der Waals surface area (Å²) in [6, 6.07) is 8.21.